The normalized spacial score (nSPS) is 11.7. The number of ether oxygens (including phenoxy) is 2. The fourth-order valence-electron chi connectivity index (χ4n) is 3.89. The van der Waals surface area contributed by atoms with Crippen molar-refractivity contribution in [1.29, 1.82) is 0 Å². The molecule has 0 fully saturated rings. The van der Waals surface area contributed by atoms with Crippen molar-refractivity contribution in [3.8, 4) is 17.2 Å². The first-order valence-electron chi connectivity index (χ1n) is 13.4. The van der Waals surface area contributed by atoms with Gasteiger partial charge in [0, 0.05) is 19.2 Å². The number of benzene rings is 2. The molecule has 0 aliphatic rings. The van der Waals surface area contributed by atoms with Crippen LogP contribution in [0.1, 0.15) is 36.8 Å². The Bertz CT molecular complexity index is 1500. The maximum absolute atomic E-state index is 13.0. The molecule has 10 nitrogen and oxygen atoms in total. The van der Waals surface area contributed by atoms with Crippen LogP contribution < -0.4 is 14.8 Å². The van der Waals surface area contributed by atoms with E-state index in [1.165, 1.54) is 23.3 Å². The van der Waals surface area contributed by atoms with E-state index in [0.717, 1.165) is 30.5 Å². The minimum atomic E-state index is -4.58. The predicted molar refractivity (Wildman–Crippen MR) is 156 cm³/mol. The number of nitro benzene ring substituents is 1. The second-order valence-electron chi connectivity index (χ2n) is 9.41. The number of carbonyl (C=O) groups is 1. The van der Waals surface area contributed by atoms with Crippen LogP contribution >= 0.6 is 11.6 Å². The number of furan rings is 2. The van der Waals surface area contributed by atoms with E-state index in [1.54, 1.807) is 25.4 Å². The van der Waals surface area contributed by atoms with E-state index < -0.39 is 34.4 Å². The van der Waals surface area contributed by atoms with Crippen molar-refractivity contribution in [3.63, 3.8) is 0 Å². The molecule has 4 aromatic rings. The summed E-state index contributed by atoms with van der Waals surface area (Å²) < 4.78 is 60.3. The number of nitrogens with zero attached hydrogens (tertiary/aromatic N) is 2. The lowest BCUT2D eigenvalue weighted by molar-refractivity contribution is -0.386. The van der Waals surface area contributed by atoms with Gasteiger partial charge in [0.05, 0.1) is 41.1 Å². The quantitative estimate of drug-likeness (QED) is 0.123. The third kappa shape index (κ3) is 9.78. The fraction of sp³-hybridized carbons (Fsp3) is 0.300. The van der Waals surface area contributed by atoms with E-state index >= 15 is 0 Å². The van der Waals surface area contributed by atoms with Gasteiger partial charge in [0.25, 0.3) is 5.91 Å². The van der Waals surface area contributed by atoms with E-state index in [9.17, 15) is 28.1 Å². The Morgan fingerprint density at radius 1 is 1.07 bits per heavy atom. The molecule has 1 unspecified atom stereocenters. The molecule has 0 radical (unpaired) electrons. The van der Waals surface area contributed by atoms with Gasteiger partial charge >= 0.3 is 11.9 Å². The summed E-state index contributed by atoms with van der Waals surface area (Å²) in [6.45, 7) is 2.82. The van der Waals surface area contributed by atoms with Gasteiger partial charge in [0.1, 0.15) is 23.0 Å². The first-order chi connectivity index (χ1) is 20.9. The summed E-state index contributed by atoms with van der Waals surface area (Å²) in [5.41, 5.74) is -1.37. The SMILES string of the molecule is CCCC(Oc1cc(Oc2ccc(C(F)(F)F)cc2Cl)ccc1[N+](=O)[O-])C(=O)N(C)Cc1ccco1.CNCc1ccco1. The molecule has 44 heavy (non-hydrogen) atoms. The molecule has 4 rings (SSSR count). The van der Waals surface area contributed by atoms with Gasteiger partial charge in [-0.2, -0.15) is 13.2 Å². The van der Waals surface area contributed by atoms with Crippen LogP contribution in [0.4, 0.5) is 18.9 Å². The predicted octanol–water partition coefficient (Wildman–Crippen LogP) is 7.86. The van der Waals surface area contributed by atoms with E-state index in [1.807, 2.05) is 26.1 Å². The molecule has 1 amide bonds. The summed E-state index contributed by atoms with van der Waals surface area (Å²) in [7, 11) is 3.44. The third-order valence-corrected chi connectivity index (χ3v) is 6.29. The molecule has 0 saturated carbocycles. The molecule has 0 bridgehead atoms. The summed E-state index contributed by atoms with van der Waals surface area (Å²) in [5.74, 6) is 0.800. The fourth-order valence-corrected chi connectivity index (χ4v) is 4.10. The van der Waals surface area contributed by atoms with E-state index in [2.05, 4.69) is 5.32 Å². The number of amides is 1. The average Bonchev–Trinajstić information content (AvgIpc) is 3.68. The van der Waals surface area contributed by atoms with E-state index in [-0.39, 0.29) is 35.2 Å². The van der Waals surface area contributed by atoms with Crippen molar-refractivity contribution in [1.82, 2.24) is 10.2 Å². The highest BCUT2D eigenvalue weighted by molar-refractivity contribution is 6.32. The Hall–Kier alpha value is -4.49. The molecule has 236 valence electrons. The molecule has 1 N–H and O–H groups in total. The van der Waals surface area contributed by atoms with Crippen LogP contribution in [-0.2, 0) is 24.1 Å². The molecule has 14 heteroatoms. The highest BCUT2D eigenvalue weighted by Crippen LogP contribution is 2.39. The average molecular weight is 638 g/mol. The summed E-state index contributed by atoms with van der Waals surface area (Å²) in [6, 6.07) is 13.3. The van der Waals surface area contributed by atoms with Gasteiger partial charge in [-0.25, -0.2) is 0 Å². The lowest BCUT2D eigenvalue weighted by Crippen LogP contribution is -2.39. The van der Waals surface area contributed by atoms with Crippen LogP contribution in [0.15, 0.2) is 82.0 Å². The number of hydrogen-bond acceptors (Lipinski definition) is 8. The van der Waals surface area contributed by atoms with Crippen LogP contribution in [0.2, 0.25) is 5.02 Å². The van der Waals surface area contributed by atoms with Crippen LogP contribution in [0.25, 0.3) is 0 Å². The molecule has 2 aromatic carbocycles. The molecule has 0 spiro atoms. The maximum Gasteiger partial charge on any atom is 0.416 e. The van der Waals surface area contributed by atoms with Gasteiger partial charge in [-0.15, -0.1) is 0 Å². The summed E-state index contributed by atoms with van der Waals surface area (Å²) in [6.07, 6.45) is -1.65. The van der Waals surface area contributed by atoms with Gasteiger partial charge in [0.2, 0.25) is 5.75 Å². The molecule has 2 aromatic heterocycles. The largest absolute Gasteiger partial charge is 0.473 e. The highest BCUT2D eigenvalue weighted by atomic mass is 35.5. The number of nitrogens with one attached hydrogen (secondary N) is 1. The highest BCUT2D eigenvalue weighted by Gasteiger charge is 2.31. The van der Waals surface area contributed by atoms with E-state index in [0.29, 0.717) is 18.2 Å². The Morgan fingerprint density at radius 2 is 1.75 bits per heavy atom. The molecule has 2 heterocycles. The first kappa shape index (κ1) is 34.0. The van der Waals surface area contributed by atoms with Crippen LogP contribution in [-0.4, -0.2) is 35.9 Å². The van der Waals surface area contributed by atoms with Gasteiger partial charge < -0.3 is 28.5 Å². The van der Waals surface area contributed by atoms with Crippen molar-refractivity contribution in [2.45, 2.75) is 45.1 Å². The number of alkyl halides is 3. The number of nitro groups is 1. The standard InChI is InChI=1S/C24H22ClF3N2O6.C6H9NO/c1-3-5-21(23(31)29(2)14-17-6-4-11-34-17)36-22-13-16(8-9-19(22)30(32)33)35-20-10-7-15(12-18(20)25)24(26,27)28;1-7-5-6-3-2-4-8-6/h4,6-13,21H,3,5,14H2,1-2H3;2-4,7H,5H2,1H3. The lowest BCUT2D eigenvalue weighted by atomic mass is 10.1. The molecule has 0 aliphatic carbocycles. The number of halogens is 4. The van der Waals surface area contributed by atoms with Crippen molar-refractivity contribution in [3.05, 3.63) is 105 Å². The van der Waals surface area contributed by atoms with Gasteiger partial charge in [-0.05, 0) is 62.0 Å². The van der Waals surface area contributed by atoms with E-state index in [4.69, 9.17) is 29.9 Å². The molecule has 0 saturated heterocycles. The second-order valence-corrected chi connectivity index (χ2v) is 9.82. The Balaban J connectivity index is 0.000000572. The van der Waals surface area contributed by atoms with Crippen LogP contribution in [0.5, 0.6) is 17.2 Å². The third-order valence-electron chi connectivity index (χ3n) is 5.99. The summed E-state index contributed by atoms with van der Waals surface area (Å²) in [4.78, 5) is 25.3. The molecular formula is C30H31ClF3N3O7. The topological polar surface area (TPSA) is 120 Å². The van der Waals surface area contributed by atoms with Crippen LogP contribution in [0.3, 0.4) is 0 Å². The Kier molecular flexibility index (Phi) is 12.2. The number of hydrogen-bond donors (Lipinski definition) is 1. The van der Waals surface area contributed by atoms with Crippen molar-refractivity contribution in [2.75, 3.05) is 14.1 Å². The summed E-state index contributed by atoms with van der Waals surface area (Å²) in [5, 5.41) is 14.3. The Labute approximate surface area is 256 Å². The minimum Gasteiger partial charge on any atom is -0.473 e. The zero-order chi connectivity index (χ0) is 32.3. The first-order valence-corrected chi connectivity index (χ1v) is 13.7. The molecule has 1 atom stereocenters. The van der Waals surface area contributed by atoms with Crippen molar-refractivity contribution >= 4 is 23.2 Å². The van der Waals surface area contributed by atoms with Crippen molar-refractivity contribution in [2.24, 2.45) is 0 Å². The lowest BCUT2D eigenvalue weighted by Gasteiger charge is -2.24. The summed E-state index contributed by atoms with van der Waals surface area (Å²) >= 11 is 5.94. The maximum atomic E-state index is 13.0. The minimum absolute atomic E-state index is 0.0175. The number of likely N-dealkylation sites (N-methyl/N-ethyl adjacent to an activating group) is 1. The zero-order valence-electron chi connectivity index (χ0n) is 24.1. The molecule has 0 aliphatic heterocycles. The smallest absolute Gasteiger partial charge is 0.416 e. The second kappa shape index (κ2) is 15.8. The van der Waals surface area contributed by atoms with Crippen molar-refractivity contribution < 1.29 is 41.2 Å². The number of rotatable bonds is 12. The van der Waals surface area contributed by atoms with Gasteiger partial charge in [-0.3, -0.25) is 14.9 Å². The van der Waals surface area contributed by atoms with Crippen LogP contribution in [0, 0.1) is 10.1 Å². The molecular weight excluding hydrogens is 607 g/mol. The van der Waals surface area contributed by atoms with Gasteiger partial charge in [0.15, 0.2) is 6.10 Å². The number of carbonyl (C=O) groups excluding carboxylic acids is 1. The zero-order valence-corrected chi connectivity index (χ0v) is 24.9. The monoisotopic (exact) mass is 637 g/mol. The van der Waals surface area contributed by atoms with Gasteiger partial charge in [-0.1, -0.05) is 24.9 Å². The Morgan fingerprint density at radius 3 is 2.30 bits per heavy atom.